The second kappa shape index (κ2) is 6.73. The fourth-order valence-corrected chi connectivity index (χ4v) is 3.60. The van der Waals surface area contributed by atoms with E-state index in [0.717, 1.165) is 16.6 Å². The summed E-state index contributed by atoms with van der Waals surface area (Å²) in [7, 11) is 0. The maximum Gasteiger partial charge on any atom is 0.308 e. The normalized spacial score (nSPS) is 11.0. The molecule has 0 radical (unpaired) electrons. The van der Waals surface area contributed by atoms with Gasteiger partial charge in [0.2, 0.25) is 0 Å². The molecular weight excluding hydrogens is 341 g/mol. The van der Waals surface area contributed by atoms with Crippen LogP contribution < -0.4 is 9.61 Å². The highest BCUT2D eigenvalue weighted by Crippen LogP contribution is 2.27. The van der Waals surface area contributed by atoms with E-state index in [4.69, 9.17) is 27.9 Å². The molecule has 3 rings (SSSR count). The van der Waals surface area contributed by atoms with Crippen LogP contribution in [0.5, 0.6) is 5.75 Å². The summed E-state index contributed by atoms with van der Waals surface area (Å²) in [4.78, 5) is 12.1. The summed E-state index contributed by atoms with van der Waals surface area (Å²) in [5.41, 5.74) is 0.974. The molecule has 0 unspecified atom stereocenters. The number of nitrogens with zero attached hydrogens (tertiary/aromatic N) is 1. The lowest BCUT2D eigenvalue weighted by Gasteiger charge is -2.08. The minimum Gasteiger partial charge on any atom is -0.492 e. The summed E-state index contributed by atoms with van der Waals surface area (Å²) in [6.07, 6.45) is 0.722. The number of hydrogen-bond donors (Lipinski definition) is 0. The van der Waals surface area contributed by atoms with E-state index in [0.29, 0.717) is 28.9 Å². The van der Waals surface area contributed by atoms with E-state index in [9.17, 15) is 4.79 Å². The largest absolute Gasteiger partial charge is 0.492 e. The van der Waals surface area contributed by atoms with Crippen LogP contribution in [0.15, 0.2) is 47.3 Å². The van der Waals surface area contributed by atoms with Gasteiger partial charge in [-0.2, -0.15) is 0 Å². The molecule has 0 saturated carbocycles. The Morgan fingerprint density at radius 2 is 1.95 bits per heavy atom. The standard InChI is InChI=1S/C16H13Cl2NO2S/c17-11-6-7-14(12(18)10-11)21-9-3-8-19-13-4-1-2-5-15(13)22-16(19)20/h1-2,4-7,10H,3,8-9H2. The summed E-state index contributed by atoms with van der Waals surface area (Å²) in [6.45, 7) is 1.10. The molecule has 6 heteroatoms. The molecule has 0 atom stereocenters. The summed E-state index contributed by atoms with van der Waals surface area (Å²) in [5, 5.41) is 1.07. The SMILES string of the molecule is O=c1sc2ccccc2n1CCCOc1ccc(Cl)cc1Cl. The van der Waals surface area contributed by atoms with Crippen LogP contribution in [0.25, 0.3) is 10.2 Å². The van der Waals surface area contributed by atoms with Gasteiger partial charge in [0, 0.05) is 11.6 Å². The van der Waals surface area contributed by atoms with Crippen molar-refractivity contribution in [3.63, 3.8) is 0 Å². The lowest BCUT2D eigenvalue weighted by molar-refractivity contribution is 0.302. The molecule has 0 N–H and O–H groups in total. The van der Waals surface area contributed by atoms with Crippen LogP contribution in [0.3, 0.4) is 0 Å². The number of aryl methyl sites for hydroxylation is 1. The van der Waals surface area contributed by atoms with E-state index < -0.39 is 0 Å². The van der Waals surface area contributed by atoms with Crippen molar-refractivity contribution in [3.8, 4) is 5.75 Å². The van der Waals surface area contributed by atoms with E-state index in [1.54, 1.807) is 22.8 Å². The van der Waals surface area contributed by atoms with Crippen molar-refractivity contribution in [1.29, 1.82) is 0 Å². The van der Waals surface area contributed by atoms with Crippen molar-refractivity contribution >= 4 is 44.8 Å². The molecule has 0 aliphatic heterocycles. The molecule has 0 amide bonds. The predicted molar refractivity (Wildman–Crippen MR) is 92.7 cm³/mol. The highest BCUT2D eigenvalue weighted by Gasteiger charge is 2.07. The molecule has 3 nitrogen and oxygen atoms in total. The van der Waals surface area contributed by atoms with Gasteiger partial charge in [-0.15, -0.1) is 0 Å². The first kappa shape index (κ1) is 15.4. The van der Waals surface area contributed by atoms with Crippen LogP contribution in [0, 0.1) is 0 Å². The number of rotatable bonds is 5. The highest BCUT2D eigenvalue weighted by molar-refractivity contribution is 7.16. The van der Waals surface area contributed by atoms with Crippen molar-refractivity contribution in [3.05, 3.63) is 62.2 Å². The van der Waals surface area contributed by atoms with Gasteiger partial charge in [-0.25, -0.2) is 0 Å². The van der Waals surface area contributed by atoms with Gasteiger partial charge in [0.05, 0.1) is 21.8 Å². The fourth-order valence-electron chi connectivity index (χ4n) is 2.22. The van der Waals surface area contributed by atoms with E-state index in [1.165, 1.54) is 11.3 Å². The second-order valence-corrected chi connectivity index (χ2v) is 6.60. The average Bonchev–Trinajstić information content (AvgIpc) is 2.81. The van der Waals surface area contributed by atoms with Crippen LogP contribution in [0.1, 0.15) is 6.42 Å². The minimum atomic E-state index is 0.0609. The number of ether oxygens (including phenoxy) is 1. The van der Waals surface area contributed by atoms with Crippen molar-refractivity contribution in [2.75, 3.05) is 6.61 Å². The van der Waals surface area contributed by atoms with Crippen molar-refractivity contribution in [2.45, 2.75) is 13.0 Å². The van der Waals surface area contributed by atoms with Gasteiger partial charge >= 0.3 is 4.87 Å². The first-order chi connectivity index (χ1) is 10.6. The van der Waals surface area contributed by atoms with Crippen LogP contribution in [-0.2, 0) is 6.54 Å². The molecule has 0 bridgehead atoms. The third-order valence-corrected chi connectivity index (χ3v) is 4.74. The smallest absolute Gasteiger partial charge is 0.308 e. The predicted octanol–water partition coefficient (Wildman–Crippen LogP) is 4.84. The molecule has 1 aromatic heterocycles. The van der Waals surface area contributed by atoms with Gasteiger partial charge < -0.3 is 4.74 Å². The van der Waals surface area contributed by atoms with E-state index in [1.807, 2.05) is 24.3 Å². The molecule has 0 saturated heterocycles. The summed E-state index contributed by atoms with van der Waals surface area (Å²) < 4.78 is 8.43. The zero-order chi connectivity index (χ0) is 15.5. The number of thiazole rings is 1. The molecule has 0 aliphatic carbocycles. The molecule has 0 aliphatic rings. The molecule has 1 heterocycles. The molecule has 22 heavy (non-hydrogen) atoms. The summed E-state index contributed by atoms with van der Waals surface area (Å²) in [6, 6.07) is 12.9. The Hall–Kier alpha value is -1.49. The Bertz CT molecular complexity index is 857. The molecule has 114 valence electrons. The van der Waals surface area contributed by atoms with Crippen LogP contribution in [0.2, 0.25) is 10.0 Å². The highest BCUT2D eigenvalue weighted by atomic mass is 35.5. The topological polar surface area (TPSA) is 31.2 Å². The molecule has 0 fully saturated rings. The Morgan fingerprint density at radius 1 is 1.14 bits per heavy atom. The van der Waals surface area contributed by atoms with Gasteiger partial charge in [0.1, 0.15) is 5.75 Å². The maximum atomic E-state index is 12.0. The monoisotopic (exact) mass is 353 g/mol. The lowest BCUT2D eigenvalue weighted by atomic mass is 10.3. The van der Waals surface area contributed by atoms with E-state index in [-0.39, 0.29) is 4.87 Å². The number of aromatic nitrogens is 1. The number of hydrogen-bond acceptors (Lipinski definition) is 3. The Labute approximate surface area is 141 Å². The summed E-state index contributed by atoms with van der Waals surface area (Å²) >= 11 is 13.2. The fraction of sp³-hybridized carbons (Fsp3) is 0.188. The number of para-hydroxylation sites is 1. The van der Waals surface area contributed by atoms with Crippen LogP contribution >= 0.6 is 34.5 Å². The van der Waals surface area contributed by atoms with E-state index >= 15 is 0 Å². The number of fused-ring (bicyclic) bond motifs is 1. The van der Waals surface area contributed by atoms with Gasteiger partial charge in [-0.1, -0.05) is 46.7 Å². The lowest BCUT2D eigenvalue weighted by Crippen LogP contribution is -2.14. The third-order valence-electron chi connectivity index (χ3n) is 3.25. The van der Waals surface area contributed by atoms with Gasteiger partial charge in [-0.05, 0) is 36.8 Å². The van der Waals surface area contributed by atoms with Crippen molar-refractivity contribution in [2.24, 2.45) is 0 Å². The molecule has 3 aromatic rings. The number of benzene rings is 2. The zero-order valence-electron chi connectivity index (χ0n) is 11.6. The molecular formula is C16H13Cl2NO2S. The molecule has 2 aromatic carbocycles. The first-order valence-corrected chi connectivity index (χ1v) is 8.38. The van der Waals surface area contributed by atoms with Gasteiger partial charge in [0.25, 0.3) is 0 Å². The maximum absolute atomic E-state index is 12.0. The Morgan fingerprint density at radius 3 is 2.77 bits per heavy atom. The van der Waals surface area contributed by atoms with Gasteiger partial charge in [0.15, 0.2) is 0 Å². The average molecular weight is 354 g/mol. The number of halogens is 2. The zero-order valence-corrected chi connectivity index (χ0v) is 13.9. The van der Waals surface area contributed by atoms with Crippen molar-refractivity contribution < 1.29 is 4.74 Å². The first-order valence-electron chi connectivity index (χ1n) is 6.81. The van der Waals surface area contributed by atoms with Gasteiger partial charge in [-0.3, -0.25) is 9.36 Å². The third kappa shape index (κ3) is 3.29. The summed E-state index contributed by atoms with van der Waals surface area (Å²) in [5.74, 6) is 0.605. The Balaban J connectivity index is 1.63. The van der Waals surface area contributed by atoms with Crippen LogP contribution in [-0.4, -0.2) is 11.2 Å². The van der Waals surface area contributed by atoms with Crippen LogP contribution in [0.4, 0.5) is 0 Å². The Kier molecular flexibility index (Phi) is 4.71. The van der Waals surface area contributed by atoms with Crippen molar-refractivity contribution in [1.82, 2.24) is 4.57 Å². The molecule has 0 spiro atoms. The minimum absolute atomic E-state index is 0.0609. The quantitative estimate of drug-likeness (QED) is 0.614. The second-order valence-electron chi connectivity index (χ2n) is 4.76. The van der Waals surface area contributed by atoms with E-state index in [2.05, 4.69) is 0 Å².